The molecule has 1 aliphatic carbocycles. The summed E-state index contributed by atoms with van der Waals surface area (Å²) in [5.74, 6) is -0.413. The number of fused-ring (bicyclic) bond motifs is 1. The minimum Gasteiger partial charge on any atom is -0.492 e. The molecule has 1 fully saturated rings. The van der Waals surface area contributed by atoms with Crippen molar-refractivity contribution in [3.05, 3.63) is 34.9 Å². The van der Waals surface area contributed by atoms with Gasteiger partial charge in [-0.15, -0.1) is 0 Å². The lowest BCUT2D eigenvalue weighted by atomic mass is 9.80. The molecule has 1 saturated carbocycles. The molecule has 2 nitrogen and oxygen atoms in total. The Bertz CT molecular complexity index is 832. The zero-order chi connectivity index (χ0) is 21.5. The topological polar surface area (TPSA) is 18.5 Å². The van der Waals surface area contributed by atoms with Crippen LogP contribution >= 0.6 is 11.6 Å². The van der Waals surface area contributed by atoms with Crippen molar-refractivity contribution in [2.45, 2.75) is 71.6 Å². The second-order valence-corrected chi connectivity index (χ2v) is 8.90. The lowest BCUT2D eigenvalue weighted by Gasteiger charge is -2.28. The number of hydrogen-bond acceptors (Lipinski definition) is 2. The number of halogens is 3. The Morgan fingerprint density at radius 1 is 0.900 bits per heavy atom. The average Bonchev–Trinajstić information content (AvgIpc) is 2.75. The number of unbranched alkanes of at least 4 members (excludes halogenated alkanes) is 2. The highest BCUT2D eigenvalue weighted by molar-refractivity contribution is 6.37. The van der Waals surface area contributed by atoms with Gasteiger partial charge in [0, 0.05) is 5.39 Å². The van der Waals surface area contributed by atoms with E-state index in [0.29, 0.717) is 30.3 Å². The summed E-state index contributed by atoms with van der Waals surface area (Å²) in [5.41, 5.74) is 0. The molecule has 1 aliphatic rings. The number of ether oxygens (including phenoxy) is 2. The molecule has 5 heteroatoms. The molecule has 0 spiro atoms. The summed E-state index contributed by atoms with van der Waals surface area (Å²) in [4.78, 5) is 0. The molecule has 2 aromatic rings. The van der Waals surface area contributed by atoms with E-state index in [1.807, 2.05) is 6.92 Å². The Balaban J connectivity index is 1.64. The van der Waals surface area contributed by atoms with Crippen LogP contribution in [0, 0.1) is 23.5 Å². The van der Waals surface area contributed by atoms with Gasteiger partial charge in [-0.1, -0.05) is 70.0 Å². The van der Waals surface area contributed by atoms with Crippen molar-refractivity contribution in [1.29, 1.82) is 0 Å². The fourth-order valence-electron chi connectivity index (χ4n) is 4.34. The fraction of sp³-hybridized carbons (Fsp3) is 0.600. The molecule has 0 aromatic heterocycles. The molecule has 0 unspecified atom stereocenters. The molecule has 0 amide bonds. The van der Waals surface area contributed by atoms with Gasteiger partial charge in [0.25, 0.3) is 0 Å². The maximum atomic E-state index is 14.8. The Morgan fingerprint density at radius 2 is 1.63 bits per heavy atom. The van der Waals surface area contributed by atoms with Crippen molar-refractivity contribution in [2.24, 2.45) is 11.8 Å². The first-order valence-electron chi connectivity index (χ1n) is 11.4. The fourth-order valence-corrected chi connectivity index (χ4v) is 4.65. The molecule has 0 bridgehead atoms. The lowest BCUT2D eigenvalue weighted by Crippen LogP contribution is -2.20. The van der Waals surface area contributed by atoms with Gasteiger partial charge in [0.1, 0.15) is 5.75 Å². The van der Waals surface area contributed by atoms with Crippen molar-refractivity contribution in [3.8, 4) is 11.5 Å². The molecule has 3 rings (SSSR count). The van der Waals surface area contributed by atoms with Gasteiger partial charge in [-0.2, -0.15) is 4.39 Å². The summed E-state index contributed by atoms with van der Waals surface area (Å²) in [7, 11) is 0. The number of hydrogen-bond donors (Lipinski definition) is 0. The Labute approximate surface area is 183 Å². The highest BCUT2D eigenvalue weighted by Gasteiger charge is 2.23. The monoisotopic (exact) mass is 438 g/mol. The van der Waals surface area contributed by atoms with Crippen molar-refractivity contribution in [3.63, 3.8) is 0 Å². The molecule has 166 valence electrons. The highest BCUT2D eigenvalue weighted by atomic mass is 35.5. The van der Waals surface area contributed by atoms with Gasteiger partial charge >= 0.3 is 0 Å². The third-order valence-electron chi connectivity index (χ3n) is 6.17. The predicted molar refractivity (Wildman–Crippen MR) is 120 cm³/mol. The first kappa shape index (κ1) is 23.1. The van der Waals surface area contributed by atoms with Crippen molar-refractivity contribution >= 4 is 22.4 Å². The van der Waals surface area contributed by atoms with Gasteiger partial charge in [0.2, 0.25) is 5.82 Å². The Morgan fingerprint density at radius 3 is 2.33 bits per heavy atom. The third kappa shape index (κ3) is 5.57. The second kappa shape index (κ2) is 11.2. The average molecular weight is 439 g/mol. The van der Waals surface area contributed by atoms with Crippen LogP contribution in [0.1, 0.15) is 71.6 Å². The molecule has 2 aromatic carbocycles. The van der Waals surface area contributed by atoms with Crippen LogP contribution in [0.15, 0.2) is 18.2 Å². The lowest BCUT2D eigenvalue weighted by molar-refractivity contribution is 0.173. The van der Waals surface area contributed by atoms with E-state index in [1.165, 1.54) is 38.5 Å². The van der Waals surface area contributed by atoms with E-state index in [1.54, 1.807) is 18.2 Å². The largest absolute Gasteiger partial charge is 0.492 e. The quantitative estimate of drug-likeness (QED) is 0.347. The zero-order valence-electron chi connectivity index (χ0n) is 18.1. The molecule has 0 radical (unpaired) electrons. The summed E-state index contributed by atoms with van der Waals surface area (Å²) in [5, 5.41) is 0.658. The predicted octanol–water partition coefficient (Wildman–Crippen LogP) is 8.33. The van der Waals surface area contributed by atoms with Gasteiger partial charge in [-0.05, 0) is 48.6 Å². The van der Waals surface area contributed by atoms with Gasteiger partial charge in [0.05, 0.1) is 18.2 Å². The van der Waals surface area contributed by atoms with E-state index in [-0.39, 0.29) is 16.2 Å². The first-order chi connectivity index (χ1) is 14.5. The maximum absolute atomic E-state index is 14.8. The summed E-state index contributed by atoms with van der Waals surface area (Å²) < 4.78 is 40.8. The molecule has 0 N–H and O–H groups in total. The van der Waals surface area contributed by atoms with Crippen molar-refractivity contribution in [2.75, 3.05) is 13.2 Å². The molecule has 0 heterocycles. The van der Waals surface area contributed by atoms with E-state index in [2.05, 4.69) is 6.92 Å². The molecule has 0 atom stereocenters. The van der Waals surface area contributed by atoms with E-state index in [9.17, 15) is 8.78 Å². The van der Waals surface area contributed by atoms with Crippen molar-refractivity contribution < 1.29 is 18.3 Å². The van der Waals surface area contributed by atoms with Crippen LogP contribution in [0.2, 0.25) is 5.02 Å². The summed E-state index contributed by atoms with van der Waals surface area (Å²) >= 11 is 6.29. The minimum atomic E-state index is -0.981. The van der Waals surface area contributed by atoms with Gasteiger partial charge < -0.3 is 9.47 Å². The Hall–Kier alpha value is -1.55. The van der Waals surface area contributed by atoms with Crippen LogP contribution in [-0.2, 0) is 0 Å². The summed E-state index contributed by atoms with van der Waals surface area (Å²) in [6.07, 6.45) is 10.6. The van der Waals surface area contributed by atoms with Gasteiger partial charge in [-0.25, -0.2) is 4.39 Å². The SMILES string of the molecule is CCCCCC1CCC(COc2cc3ccc(OCCC)c(Cl)c3c(F)c2F)CC1. The van der Waals surface area contributed by atoms with Crippen LogP contribution < -0.4 is 9.47 Å². The number of rotatable bonds is 10. The Kier molecular flexibility index (Phi) is 8.61. The van der Waals surface area contributed by atoms with E-state index >= 15 is 0 Å². The second-order valence-electron chi connectivity index (χ2n) is 8.52. The first-order valence-corrected chi connectivity index (χ1v) is 11.8. The minimum absolute atomic E-state index is 0.0386. The van der Waals surface area contributed by atoms with Crippen molar-refractivity contribution in [1.82, 2.24) is 0 Å². The smallest absolute Gasteiger partial charge is 0.201 e. The van der Waals surface area contributed by atoms with Crippen LogP contribution in [0.5, 0.6) is 11.5 Å². The molecule has 0 saturated heterocycles. The normalized spacial score (nSPS) is 19.2. The van der Waals surface area contributed by atoms with Crippen LogP contribution in [0.3, 0.4) is 0 Å². The summed E-state index contributed by atoms with van der Waals surface area (Å²) in [6.45, 7) is 5.10. The summed E-state index contributed by atoms with van der Waals surface area (Å²) in [6, 6.07) is 4.93. The molecular formula is C25H33ClF2O2. The van der Waals surface area contributed by atoms with E-state index in [0.717, 1.165) is 25.2 Å². The van der Waals surface area contributed by atoms with E-state index in [4.69, 9.17) is 21.1 Å². The van der Waals surface area contributed by atoms with Crippen LogP contribution in [0.4, 0.5) is 8.78 Å². The van der Waals surface area contributed by atoms with E-state index < -0.39 is 11.6 Å². The molecule has 0 aliphatic heterocycles. The van der Waals surface area contributed by atoms with Gasteiger partial charge in [-0.3, -0.25) is 0 Å². The highest BCUT2D eigenvalue weighted by Crippen LogP contribution is 2.39. The van der Waals surface area contributed by atoms with Crippen LogP contribution in [0.25, 0.3) is 10.8 Å². The third-order valence-corrected chi connectivity index (χ3v) is 6.55. The zero-order valence-corrected chi connectivity index (χ0v) is 18.9. The van der Waals surface area contributed by atoms with Crippen LogP contribution in [-0.4, -0.2) is 13.2 Å². The number of benzene rings is 2. The molecule has 30 heavy (non-hydrogen) atoms. The molecular weight excluding hydrogens is 406 g/mol. The maximum Gasteiger partial charge on any atom is 0.201 e. The standard InChI is InChI=1S/C25H33ClF2O2/c1-3-5-6-7-17-8-10-18(11-9-17)16-30-21-15-19-12-13-20(29-14-4-2)23(26)22(19)25(28)24(21)27/h12-13,15,17-18H,3-11,14,16H2,1-2H3. The van der Waals surface area contributed by atoms with Gasteiger partial charge in [0.15, 0.2) is 11.6 Å².